The Morgan fingerprint density at radius 1 is 0.374 bits per heavy atom. The van der Waals surface area contributed by atoms with Crippen LogP contribution in [0.1, 0.15) is 255 Å². The number of hydrogen-bond donors (Lipinski definition) is 9. The van der Waals surface area contributed by atoms with Crippen molar-refractivity contribution in [3.05, 3.63) is 95.6 Å². The number of carboxylic acids is 1. The van der Waals surface area contributed by atoms with Crippen LogP contribution >= 0.6 is 0 Å². The van der Waals surface area contributed by atoms with Gasteiger partial charge in [-0.25, -0.2) is 0 Å². The number of rotatable bonds is 68. The summed E-state index contributed by atoms with van der Waals surface area (Å²) in [5.41, 5.74) is 0.243. The Labute approximate surface area is 867 Å². The average Bonchev–Trinajstić information content (AvgIpc) is 0.749. The number of carbonyl (C=O) groups excluding carboxylic acids is 14. The molecule has 3 aliphatic rings. The summed E-state index contributed by atoms with van der Waals surface area (Å²) in [5, 5.41) is 33.0. The van der Waals surface area contributed by atoms with Crippen LogP contribution in [0.2, 0.25) is 0 Å². The second kappa shape index (κ2) is 70.1. The highest BCUT2D eigenvalue weighted by atomic mass is 16.7. The minimum atomic E-state index is -1.71. The maximum absolute atomic E-state index is 15.7. The van der Waals surface area contributed by atoms with Crippen LogP contribution in [0.15, 0.2) is 78.9 Å². The minimum absolute atomic E-state index is 0.00386. The standard InChI is InChI=1S/C101H154N10O29.C6H15N/c1-65-68(4)94(107-71(7)112)98(138-82(65)61-133-74(10)115)130-58-23-18-33-86(118)102-49-26-36-89(121)105-52-29-56-110(91(123)38-28-51-104-88(120)35-20-25-60-132-100-96(109-73(9)114)70(6)67(3)84(140-100)63-135-76(12)117)54-21-22-55-111(57-30-53-106-90(122)37-27-50-103-87(119)34-19-24-59-131-99-95(108-72(8)113)69(5)66(2)83(139-99)62-134-75(11)116)97(127)85(137-93(126)48-47-92(124)125)64-136-101(77-31-16-15-17-32-77,78-39-43-80(128-13)44-40-78)79-41-45-81(129-14)46-42-79;1-4-7(5-2)6-3/h15-17,31-32,39-46,65-70,82-85,94-96,98-100H,18-30,33-38,47-64H2,1-14H3,(H,102,118)(H,103,119)(H,104,120)(H,105,121)(H,106,122)(H,107,112)(H,108,113)(H,109,114)(H,124,125);4-6H2,1-3H3. The van der Waals surface area contributed by atoms with Gasteiger partial charge in [0.2, 0.25) is 59.3 Å². The van der Waals surface area contributed by atoms with Crippen LogP contribution in [0.4, 0.5) is 0 Å². The fourth-order valence-electron chi connectivity index (χ4n) is 17.6. The molecular weight excluding hydrogens is 1900 g/mol. The lowest BCUT2D eigenvalue weighted by Gasteiger charge is -2.44. The van der Waals surface area contributed by atoms with Crippen LogP contribution in [0.5, 0.6) is 11.5 Å². The summed E-state index contributed by atoms with van der Waals surface area (Å²) in [7, 11) is 3.06. The normalized spacial score (nSPS) is 20.7. The van der Waals surface area contributed by atoms with Crippen molar-refractivity contribution in [2.24, 2.45) is 35.5 Å². The van der Waals surface area contributed by atoms with E-state index in [0.29, 0.717) is 92.4 Å². The van der Waals surface area contributed by atoms with Crippen LogP contribution in [0.3, 0.4) is 0 Å². The number of benzene rings is 3. The number of carboxylic acid groups (broad SMARTS) is 1. The third-order valence-corrected chi connectivity index (χ3v) is 26.8. The molecule has 0 aromatic heterocycles. The van der Waals surface area contributed by atoms with E-state index in [2.05, 4.69) is 68.2 Å². The molecule has 10 amide bonds. The maximum Gasteiger partial charge on any atom is 0.307 e. The Morgan fingerprint density at radius 3 is 1.02 bits per heavy atom. The lowest BCUT2D eigenvalue weighted by molar-refractivity contribution is -0.244. The first-order valence-electron chi connectivity index (χ1n) is 52.3. The van der Waals surface area contributed by atoms with Gasteiger partial charge in [-0.05, 0) is 180 Å². The predicted octanol–water partition coefficient (Wildman–Crippen LogP) is 9.03. The summed E-state index contributed by atoms with van der Waals surface area (Å²) in [6.45, 7) is 31.3. The van der Waals surface area contributed by atoms with Crippen molar-refractivity contribution in [1.29, 1.82) is 0 Å². The lowest BCUT2D eigenvalue weighted by Crippen LogP contribution is -2.58. The SMILES string of the molecule is CCN(CC)CC.COc1ccc(C(OCC(OC(=O)CCC(=O)O)C(=O)N(CCCCN(CCCNC(=O)CCCNC(=O)CCCCOC2OC(COC(C)=O)C(C)C(C)C2NC(C)=O)C(=O)CCCNC(=O)CCCCOC2OC(COC(C)=O)C(C)C(C)C2NC(C)=O)CCCNC(=O)CCCNC(=O)CCCCOC2OC(COC(C)=O)C(C)C(C)C2NC(C)=O)(c2ccccc2)c2ccc(OC)cc2)cc1. The first-order chi connectivity index (χ1) is 70.3. The molecule has 3 aromatic rings. The summed E-state index contributed by atoms with van der Waals surface area (Å²) in [5.74, 6) is -6.08. The molecule has 0 saturated carbocycles. The highest BCUT2D eigenvalue weighted by Gasteiger charge is 2.47. The second-order valence-corrected chi connectivity index (χ2v) is 37.8. The van der Waals surface area contributed by atoms with E-state index in [-0.39, 0.29) is 245 Å². The Morgan fingerprint density at radius 2 is 0.694 bits per heavy atom. The number of nitrogens with zero attached hydrogens (tertiary/aromatic N) is 3. The third-order valence-electron chi connectivity index (χ3n) is 26.8. The van der Waals surface area contributed by atoms with Gasteiger partial charge in [0.1, 0.15) is 36.9 Å². The number of esters is 4. The van der Waals surface area contributed by atoms with E-state index in [1.807, 2.05) is 96.1 Å². The molecule has 147 heavy (non-hydrogen) atoms. The van der Waals surface area contributed by atoms with E-state index < -0.39 is 122 Å². The summed E-state index contributed by atoms with van der Waals surface area (Å²) >= 11 is 0. The van der Waals surface area contributed by atoms with Crippen LogP contribution in [-0.4, -0.2) is 309 Å². The molecule has 3 aliphatic heterocycles. The number of methoxy groups -OCH3 is 2. The van der Waals surface area contributed by atoms with Gasteiger partial charge < -0.3 is 124 Å². The van der Waals surface area contributed by atoms with Gasteiger partial charge in [0.15, 0.2) is 18.9 Å². The fourth-order valence-corrected chi connectivity index (χ4v) is 17.6. The van der Waals surface area contributed by atoms with Crippen LogP contribution in [0, 0.1) is 35.5 Å². The molecule has 0 spiro atoms. The van der Waals surface area contributed by atoms with Crippen molar-refractivity contribution in [2.45, 2.75) is 306 Å². The summed E-state index contributed by atoms with van der Waals surface area (Å²) in [6.07, 6.45) is -1.41. The number of carbonyl (C=O) groups is 15. The molecule has 826 valence electrons. The summed E-state index contributed by atoms with van der Waals surface area (Å²) in [4.78, 5) is 199. The number of ether oxygens (including phenoxy) is 13. The Kier molecular flexibility index (Phi) is 60.3. The van der Waals surface area contributed by atoms with Crippen LogP contribution < -0.4 is 52.0 Å². The lowest BCUT2D eigenvalue weighted by atomic mass is 9.80. The van der Waals surface area contributed by atoms with Crippen molar-refractivity contribution in [2.75, 3.05) is 139 Å². The van der Waals surface area contributed by atoms with E-state index in [1.165, 1.54) is 80.3 Å². The highest BCUT2D eigenvalue weighted by Crippen LogP contribution is 2.43. The molecule has 0 bridgehead atoms. The van der Waals surface area contributed by atoms with Gasteiger partial charge >= 0.3 is 29.8 Å². The van der Waals surface area contributed by atoms with E-state index in [9.17, 15) is 72.2 Å². The zero-order valence-electron chi connectivity index (χ0n) is 89.7. The van der Waals surface area contributed by atoms with Crippen molar-refractivity contribution < 1.29 is 139 Å². The molecule has 16 unspecified atom stereocenters. The van der Waals surface area contributed by atoms with Gasteiger partial charge in [0.25, 0.3) is 5.91 Å². The maximum atomic E-state index is 15.7. The molecule has 0 radical (unpaired) electrons. The fraction of sp³-hybridized carbons (Fsp3) is 0.692. The molecule has 9 N–H and O–H groups in total. The molecule has 0 aliphatic carbocycles. The van der Waals surface area contributed by atoms with Crippen LogP contribution in [-0.2, 0) is 130 Å². The molecule has 16 atom stereocenters. The molecule has 3 fully saturated rings. The summed E-state index contributed by atoms with van der Waals surface area (Å²) in [6, 6.07) is 22.0. The van der Waals surface area contributed by atoms with Gasteiger partial charge in [-0.2, -0.15) is 0 Å². The Balaban J connectivity index is 0.00000522. The number of unbranched alkanes of at least 4 members (excludes halogenated alkanes) is 4. The molecular formula is C107H169N11O29. The van der Waals surface area contributed by atoms with Gasteiger partial charge in [0, 0.05) is 159 Å². The topological polar surface area (TPSA) is 502 Å². The number of nitrogens with one attached hydrogen (secondary N) is 8. The van der Waals surface area contributed by atoms with Gasteiger partial charge in [0.05, 0.1) is 70.1 Å². The van der Waals surface area contributed by atoms with Crippen LogP contribution in [0.25, 0.3) is 0 Å². The smallest absolute Gasteiger partial charge is 0.307 e. The van der Waals surface area contributed by atoms with E-state index in [0.717, 1.165) is 0 Å². The predicted molar refractivity (Wildman–Crippen MR) is 546 cm³/mol. The molecule has 3 saturated heterocycles. The van der Waals surface area contributed by atoms with Crippen molar-refractivity contribution >= 4 is 88.9 Å². The molecule has 3 heterocycles. The Hall–Kier alpha value is -11.0. The monoisotopic (exact) mass is 2070 g/mol. The zero-order chi connectivity index (χ0) is 108. The molecule has 40 nitrogen and oxygen atoms in total. The highest BCUT2D eigenvalue weighted by molar-refractivity contribution is 5.85. The van der Waals surface area contributed by atoms with Crippen molar-refractivity contribution in [3.8, 4) is 11.5 Å². The zero-order valence-corrected chi connectivity index (χ0v) is 89.7. The number of aliphatic carboxylic acids is 1. The second-order valence-electron chi connectivity index (χ2n) is 37.8. The first kappa shape index (κ1) is 126. The first-order valence-corrected chi connectivity index (χ1v) is 52.3. The summed E-state index contributed by atoms with van der Waals surface area (Å²) < 4.78 is 77.0. The van der Waals surface area contributed by atoms with Gasteiger partial charge in [-0.15, -0.1) is 0 Å². The third kappa shape index (κ3) is 47.2. The quantitative estimate of drug-likeness (QED) is 0.0110. The van der Waals surface area contributed by atoms with E-state index in [4.69, 9.17) is 61.6 Å². The molecule has 3 aromatic carbocycles. The number of hydrogen-bond acceptors (Lipinski definition) is 29. The largest absolute Gasteiger partial charge is 0.497 e. The Bertz CT molecular complexity index is 4420. The van der Waals surface area contributed by atoms with Gasteiger partial charge in [-0.1, -0.05) is 117 Å². The van der Waals surface area contributed by atoms with E-state index in [1.54, 1.807) is 29.2 Å². The van der Waals surface area contributed by atoms with Gasteiger partial charge in [-0.3, -0.25) is 71.9 Å². The van der Waals surface area contributed by atoms with E-state index >= 15 is 4.79 Å². The minimum Gasteiger partial charge on any atom is -0.497 e. The molecule has 6 rings (SSSR count). The van der Waals surface area contributed by atoms with Crippen molar-refractivity contribution in [3.63, 3.8) is 0 Å². The number of amides is 10. The van der Waals surface area contributed by atoms with Crippen molar-refractivity contribution in [1.82, 2.24) is 57.2 Å². The average molecular weight is 2070 g/mol. The molecule has 40 heteroatoms.